The summed E-state index contributed by atoms with van der Waals surface area (Å²) in [5.41, 5.74) is 0.712. The van der Waals surface area contributed by atoms with Crippen LogP contribution >= 0.6 is 0 Å². The molecule has 3 nitrogen and oxygen atoms in total. The Balaban J connectivity index is 2.04. The van der Waals surface area contributed by atoms with E-state index in [1.807, 2.05) is 24.3 Å². The molecule has 0 saturated carbocycles. The first-order valence-corrected chi connectivity index (χ1v) is 5.61. The van der Waals surface area contributed by atoms with E-state index in [2.05, 4.69) is 11.9 Å². The van der Waals surface area contributed by atoms with E-state index in [1.165, 1.54) is 0 Å². The van der Waals surface area contributed by atoms with E-state index in [-0.39, 0.29) is 11.9 Å². The molecule has 1 aromatic carbocycles. The normalized spacial score (nSPS) is 21.0. The van der Waals surface area contributed by atoms with Crippen LogP contribution in [0.2, 0.25) is 0 Å². The standard InChI is InChI=1S/C13H17NO2/c1-10(15)11-4-3-5-12(8-11)16-13-6-7-14(2)9-13/h3-5,8,13H,6-7,9H2,1-2H3. The third kappa shape index (κ3) is 2.61. The highest BCUT2D eigenvalue weighted by Gasteiger charge is 2.20. The van der Waals surface area contributed by atoms with Gasteiger partial charge < -0.3 is 9.64 Å². The van der Waals surface area contributed by atoms with Gasteiger partial charge in [0.15, 0.2) is 5.78 Å². The second-order valence-electron chi connectivity index (χ2n) is 4.37. The van der Waals surface area contributed by atoms with Crippen molar-refractivity contribution < 1.29 is 9.53 Å². The number of carbonyl (C=O) groups excluding carboxylic acids is 1. The fraction of sp³-hybridized carbons (Fsp3) is 0.462. The Bertz CT molecular complexity index is 389. The fourth-order valence-electron chi connectivity index (χ4n) is 1.97. The minimum absolute atomic E-state index is 0.0778. The van der Waals surface area contributed by atoms with E-state index in [9.17, 15) is 4.79 Å². The zero-order valence-corrected chi connectivity index (χ0v) is 9.77. The van der Waals surface area contributed by atoms with Gasteiger partial charge in [0.1, 0.15) is 11.9 Å². The Morgan fingerprint density at radius 1 is 1.50 bits per heavy atom. The number of likely N-dealkylation sites (N-methyl/N-ethyl adjacent to an activating group) is 1. The smallest absolute Gasteiger partial charge is 0.159 e. The Labute approximate surface area is 96.0 Å². The van der Waals surface area contributed by atoms with Crippen molar-refractivity contribution in [2.24, 2.45) is 0 Å². The Hall–Kier alpha value is -1.35. The van der Waals surface area contributed by atoms with Gasteiger partial charge in [-0.1, -0.05) is 12.1 Å². The second kappa shape index (κ2) is 4.66. The van der Waals surface area contributed by atoms with Crippen molar-refractivity contribution in [1.29, 1.82) is 0 Å². The minimum Gasteiger partial charge on any atom is -0.489 e. The lowest BCUT2D eigenvalue weighted by molar-refractivity contribution is 0.101. The van der Waals surface area contributed by atoms with Crippen LogP contribution in [0.1, 0.15) is 23.7 Å². The molecule has 0 aliphatic carbocycles. The summed E-state index contributed by atoms with van der Waals surface area (Å²) in [7, 11) is 2.09. The van der Waals surface area contributed by atoms with Gasteiger partial charge in [0.25, 0.3) is 0 Å². The first-order valence-electron chi connectivity index (χ1n) is 5.61. The molecule has 16 heavy (non-hydrogen) atoms. The Morgan fingerprint density at radius 2 is 2.31 bits per heavy atom. The summed E-state index contributed by atoms with van der Waals surface area (Å²) in [6.45, 7) is 3.61. The number of Topliss-reactive ketones (excluding diaryl/α,β-unsaturated/α-hetero) is 1. The minimum atomic E-state index is 0.0778. The molecular formula is C13H17NO2. The maximum atomic E-state index is 11.2. The molecule has 0 bridgehead atoms. The van der Waals surface area contributed by atoms with E-state index >= 15 is 0 Å². The van der Waals surface area contributed by atoms with Crippen molar-refractivity contribution in [3.05, 3.63) is 29.8 Å². The van der Waals surface area contributed by atoms with Crippen molar-refractivity contribution >= 4 is 5.78 Å². The average Bonchev–Trinajstić information content (AvgIpc) is 2.64. The van der Waals surface area contributed by atoms with Gasteiger partial charge in [0, 0.05) is 18.7 Å². The molecule has 1 aromatic rings. The molecular weight excluding hydrogens is 202 g/mol. The van der Waals surface area contributed by atoms with Crippen LogP contribution < -0.4 is 4.74 Å². The van der Waals surface area contributed by atoms with Crippen LogP contribution in [0.4, 0.5) is 0 Å². The van der Waals surface area contributed by atoms with Crippen LogP contribution in [0, 0.1) is 0 Å². The number of hydrogen-bond acceptors (Lipinski definition) is 3. The van der Waals surface area contributed by atoms with Gasteiger partial charge in [-0.2, -0.15) is 0 Å². The third-order valence-corrected chi connectivity index (χ3v) is 2.89. The van der Waals surface area contributed by atoms with Crippen LogP contribution in [0.15, 0.2) is 24.3 Å². The number of nitrogens with zero attached hydrogens (tertiary/aromatic N) is 1. The second-order valence-corrected chi connectivity index (χ2v) is 4.37. The number of benzene rings is 1. The summed E-state index contributed by atoms with van der Waals surface area (Å²) in [5, 5.41) is 0. The third-order valence-electron chi connectivity index (χ3n) is 2.89. The molecule has 1 heterocycles. The molecule has 0 amide bonds. The molecule has 1 aliphatic rings. The highest BCUT2D eigenvalue weighted by molar-refractivity contribution is 5.94. The van der Waals surface area contributed by atoms with Gasteiger partial charge in [-0.3, -0.25) is 4.79 Å². The molecule has 0 radical (unpaired) electrons. The molecule has 1 fully saturated rings. The lowest BCUT2D eigenvalue weighted by atomic mass is 10.1. The molecule has 2 rings (SSSR count). The zero-order chi connectivity index (χ0) is 11.5. The molecule has 1 saturated heterocycles. The maximum absolute atomic E-state index is 11.2. The highest BCUT2D eigenvalue weighted by atomic mass is 16.5. The SMILES string of the molecule is CC(=O)c1cccc(OC2CCN(C)C2)c1. The summed E-state index contributed by atoms with van der Waals surface area (Å²) in [6.07, 6.45) is 1.31. The number of likely N-dealkylation sites (tertiary alicyclic amines) is 1. The fourth-order valence-corrected chi connectivity index (χ4v) is 1.97. The number of ketones is 1. The van der Waals surface area contributed by atoms with Crippen molar-refractivity contribution in [2.75, 3.05) is 20.1 Å². The van der Waals surface area contributed by atoms with Gasteiger partial charge in [0.2, 0.25) is 0 Å². The summed E-state index contributed by atoms with van der Waals surface area (Å²) < 4.78 is 5.84. The van der Waals surface area contributed by atoms with Gasteiger partial charge in [-0.05, 0) is 32.5 Å². The van der Waals surface area contributed by atoms with Crippen molar-refractivity contribution in [2.45, 2.75) is 19.4 Å². The molecule has 86 valence electrons. The van der Waals surface area contributed by atoms with E-state index in [4.69, 9.17) is 4.74 Å². The predicted octanol–water partition coefficient (Wildman–Crippen LogP) is 1.97. The summed E-state index contributed by atoms with van der Waals surface area (Å²) >= 11 is 0. The van der Waals surface area contributed by atoms with Gasteiger partial charge in [-0.25, -0.2) is 0 Å². The lowest BCUT2D eigenvalue weighted by Crippen LogP contribution is -2.21. The van der Waals surface area contributed by atoms with Gasteiger partial charge >= 0.3 is 0 Å². The van der Waals surface area contributed by atoms with Gasteiger partial charge in [0.05, 0.1) is 0 Å². The largest absolute Gasteiger partial charge is 0.489 e. The molecule has 0 N–H and O–H groups in total. The van der Waals surface area contributed by atoms with Crippen molar-refractivity contribution in [1.82, 2.24) is 4.90 Å². The molecule has 3 heteroatoms. The lowest BCUT2D eigenvalue weighted by Gasteiger charge is -2.14. The van der Waals surface area contributed by atoms with Crippen LogP contribution in [-0.2, 0) is 0 Å². The first kappa shape index (κ1) is 11.1. The molecule has 0 aromatic heterocycles. The molecule has 1 aliphatic heterocycles. The maximum Gasteiger partial charge on any atom is 0.159 e. The molecule has 0 spiro atoms. The van der Waals surface area contributed by atoms with Crippen molar-refractivity contribution in [3.63, 3.8) is 0 Å². The van der Waals surface area contributed by atoms with E-state index in [0.717, 1.165) is 25.3 Å². The quantitative estimate of drug-likeness (QED) is 0.728. The topological polar surface area (TPSA) is 29.5 Å². The number of hydrogen-bond donors (Lipinski definition) is 0. The number of rotatable bonds is 3. The van der Waals surface area contributed by atoms with Crippen LogP contribution in [0.25, 0.3) is 0 Å². The summed E-state index contributed by atoms with van der Waals surface area (Å²) in [6, 6.07) is 7.41. The first-order chi connectivity index (χ1) is 7.65. The van der Waals surface area contributed by atoms with Crippen LogP contribution in [0.5, 0.6) is 5.75 Å². The van der Waals surface area contributed by atoms with Crippen LogP contribution in [0.3, 0.4) is 0 Å². The van der Waals surface area contributed by atoms with E-state index < -0.39 is 0 Å². The number of ether oxygens (including phenoxy) is 1. The van der Waals surface area contributed by atoms with E-state index in [1.54, 1.807) is 6.92 Å². The summed E-state index contributed by atoms with van der Waals surface area (Å²) in [5.74, 6) is 0.877. The monoisotopic (exact) mass is 219 g/mol. The average molecular weight is 219 g/mol. The Morgan fingerprint density at radius 3 is 2.94 bits per heavy atom. The highest BCUT2D eigenvalue weighted by Crippen LogP contribution is 2.19. The number of carbonyl (C=O) groups is 1. The van der Waals surface area contributed by atoms with Crippen LogP contribution in [-0.4, -0.2) is 36.9 Å². The zero-order valence-electron chi connectivity index (χ0n) is 9.77. The van der Waals surface area contributed by atoms with E-state index in [0.29, 0.717) is 5.56 Å². The van der Waals surface area contributed by atoms with Gasteiger partial charge in [-0.15, -0.1) is 0 Å². The molecule has 1 unspecified atom stereocenters. The predicted molar refractivity (Wildman–Crippen MR) is 63.0 cm³/mol. The summed E-state index contributed by atoms with van der Waals surface area (Å²) in [4.78, 5) is 13.5. The Kier molecular flexibility index (Phi) is 3.25. The van der Waals surface area contributed by atoms with Crippen molar-refractivity contribution in [3.8, 4) is 5.75 Å². The molecule has 1 atom stereocenters.